The highest BCUT2D eigenvalue weighted by Gasteiger charge is 2.35. The van der Waals surface area contributed by atoms with Crippen LogP contribution in [0.4, 0.5) is 23.1 Å². The molecule has 4 N–H and O–H groups in total. The van der Waals surface area contributed by atoms with Crippen LogP contribution in [0.2, 0.25) is 15.1 Å². The molecule has 2 heterocycles. The lowest BCUT2D eigenvalue weighted by molar-refractivity contribution is -0.123. The number of amides is 2. The molecule has 8 nitrogen and oxygen atoms in total. The van der Waals surface area contributed by atoms with Gasteiger partial charge in [-0.3, -0.25) is 19.4 Å². The van der Waals surface area contributed by atoms with E-state index >= 15 is 0 Å². The first-order valence-corrected chi connectivity index (χ1v) is 10.2. The highest BCUT2D eigenvalue weighted by Crippen LogP contribution is 2.32. The average molecular weight is 479 g/mol. The van der Waals surface area contributed by atoms with E-state index in [1.54, 1.807) is 30.3 Å². The Morgan fingerprint density at radius 3 is 2.61 bits per heavy atom. The number of carbonyl (C=O) groups is 2. The summed E-state index contributed by atoms with van der Waals surface area (Å²) in [6.45, 7) is 0. The molecule has 0 unspecified atom stereocenters. The van der Waals surface area contributed by atoms with Crippen LogP contribution in [-0.2, 0) is 9.59 Å². The molecule has 1 aliphatic heterocycles. The fourth-order valence-corrected chi connectivity index (χ4v) is 3.70. The van der Waals surface area contributed by atoms with Gasteiger partial charge in [0.05, 0.1) is 22.2 Å². The van der Waals surface area contributed by atoms with Crippen molar-refractivity contribution in [3.8, 4) is 0 Å². The number of hydrogen-bond donors (Lipinski definition) is 4. The molecule has 0 spiro atoms. The molecule has 11 heteroatoms. The largest absolute Gasteiger partial charge is 0.326 e. The van der Waals surface area contributed by atoms with Crippen LogP contribution in [-0.4, -0.2) is 21.8 Å². The lowest BCUT2D eigenvalue weighted by Gasteiger charge is -2.24. The summed E-state index contributed by atoms with van der Waals surface area (Å²) in [7, 11) is 0. The van der Waals surface area contributed by atoms with E-state index in [9.17, 15) is 14.4 Å². The normalized spacial score (nSPS) is 15.1. The van der Waals surface area contributed by atoms with Gasteiger partial charge in [-0.1, -0.05) is 40.9 Å². The summed E-state index contributed by atoms with van der Waals surface area (Å²) in [5.41, 5.74) is 0.344. The molecule has 158 valence electrons. The number of H-pyrrole nitrogens is 1. The van der Waals surface area contributed by atoms with Crippen LogP contribution in [0.3, 0.4) is 0 Å². The van der Waals surface area contributed by atoms with E-state index in [0.29, 0.717) is 15.7 Å². The number of aromatic amines is 1. The van der Waals surface area contributed by atoms with Gasteiger partial charge in [0.25, 0.3) is 5.56 Å². The van der Waals surface area contributed by atoms with Gasteiger partial charge in [-0.25, -0.2) is 0 Å². The summed E-state index contributed by atoms with van der Waals surface area (Å²) in [6, 6.07) is 11.4. The van der Waals surface area contributed by atoms with Crippen molar-refractivity contribution in [1.29, 1.82) is 0 Å². The van der Waals surface area contributed by atoms with E-state index < -0.39 is 23.3 Å². The number of benzene rings is 2. The predicted molar refractivity (Wildman–Crippen MR) is 121 cm³/mol. The van der Waals surface area contributed by atoms with Crippen molar-refractivity contribution in [2.24, 2.45) is 0 Å². The number of anilines is 4. The Morgan fingerprint density at radius 2 is 1.84 bits per heavy atom. The second kappa shape index (κ2) is 8.58. The molecule has 4 rings (SSSR count). The number of rotatable bonds is 4. The van der Waals surface area contributed by atoms with Crippen LogP contribution in [0.5, 0.6) is 0 Å². The van der Waals surface area contributed by atoms with E-state index in [0.717, 1.165) is 0 Å². The summed E-state index contributed by atoms with van der Waals surface area (Å²) >= 11 is 18.0. The third kappa shape index (κ3) is 4.66. The van der Waals surface area contributed by atoms with Crippen LogP contribution in [0, 0.1) is 0 Å². The van der Waals surface area contributed by atoms with Crippen LogP contribution in [0.1, 0.15) is 17.9 Å². The van der Waals surface area contributed by atoms with E-state index in [1.807, 2.05) is 0 Å². The minimum Gasteiger partial charge on any atom is -0.326 e. The molecule has 0 saturated heterocycles. The van der Waals surface area contributed by atoms with Crippen LogP contribution >= 0.6 is 34.8 Å². The first kappa shape index (κ1) is 21.2. The smallest absolute Gasteiger partial charge is 0.258 e. The van der Waals surface area contributed by atoms with Crippen molar-refractivity contribution < 1.29 is 9.59 Å². The predicted octanol–water partition coefficient (Wildman–Crippen LogP) is 4.54. The Labute approximate surface area is 190 Å². The van der Waals surface area contributed by atoms with E-state index in [2.05, 4.69) is 25.9 Å². The molecule has 31 heavy (non-hydrogen) atoms. The minimum absolute atomic E-state index is 0.00173. The molecule has 0 bridgehead atoms. The van der Waals surface area contributed by atoms with E-state index in [-0.39, 0.29) is 34.5 Å². The minimum atomic E-state index is -1.06. The van der Waals surface area contributed by atoms with Crippen LogP contribution < -0.4 is 21.5 Å². The molecule has 1 aliphatic rings. The topological polar surface area (TPSA) is 116 Å². The quantitative estimate of drug-likeness (QED) is 0.439. The Kier molecular flexibility index (Phi) is 5.86. The molecule has 2 amide bonds. The highest BCUT2D eigenvalue weighted by molar-refractivity contribution is 6.35. The van der Waals surface area contributed by atoms with Crippen molar-refractivity contribution in [3.63, 3.8) is 0 Å². The first-order chi connectivity index (χ1) is 14.8. The zero-order valence-corrected chi connectivity index (χ0v) is 17.9. The number of aromatic nitrogens is 2. The van der Waals surface area contributed by atoms with Gasteiger partial charge in [0, 0.05) is 22.2 Å². The zero-order chi connectivity index (χ0) is 22.1. The third-order valence-corrected chi connectivity index (χ3v) is 5.34. The molecule has 1 atom stereocenters. The monoisotopic (exact) mass is 477 g/mol. The summed E-state index contributed by atoms with van der Waals surface area (Å²) in [5.74, 6) is -2.00. The second-order valence-electron chi connectivity index (χ2n) is 6.73. The number of nitrogens with one attached hydrogen (secondary N) is 4. The molecule has 0 saturated carbocycles. The van der Waals surface area contributed by atoms with Crippen molar-refractivity contribution >= 4 is 69.8 Å². The van der Waals surface area contributed by atoms with Gasteiger partial charge in [-0.05, 0) is 36.4 Å². The fraction of sp³-hybridized carbons (Fsp3) is 0.100. The van der Waals surface area contributed by atoms with Gasteiger partial charge in [-0.2, -0.15) is 4.98 Å². The van der Waals surface area contributed by atoms with Crippen molar-refractivity contribution in [1.82, 2.24) is 9.97 Å². The Hall–Kier alpha value is -3.07. The van der Waals surface area contributed by atoms with E-state index in [1.165, 1.54) is 12.1 Å². The second-order valence-corrected chi connectivity index (χ2v) is 8.01. The summed E-state index contributed by atoms with van der Waals surface area (Å²) < 4.78 is 0. The number of halogens is 3. The molecule has 0 fully saturated rings. The summed E-state index contributed by atoms with van der Waals surface area (Å²) in [4.78, 5) is 44.7. The van der Waals surface area contributed by atoms with Gasteiger partial charge >= 0.3 is 0 Å². The Bertz CT molecular complexity index is 1260. The Morgan fingerprint density at radius 1 is 1.06 bits per heavy atom. The highest BCUT2D eigenvalue weighted by atomic mass is 35.5. The molecule has 0 aliphatic carbocycles. The van der Waals surface area contributed by atoms with Gasteiger partial charge in [0.1, 0.15) is 5.82 Å². The average Bonchev–Trinajstić information content (AvgIpc) is 2.69. The SMILES string of the molecule is O=C1C[C@@H](C(=O)Nc2cc(Cl)ccc2Cl)c2c(nc(Nc3cccc(Cl)c3)[nH]c2=O)N1. The molecule has 3 aromatic rings. The fourth-order valence-electron chi connectivity index (χ4n) is 3.17. The Balaban J connectivity index is 1.66. The van der Waals surface area contributed by atoms with Gasteiger partial charge < -0.3 is 16.0 Å². The number of hydrogen-bond acceptors (Lipinski definition) is 5. The zero-order valence-electron chi connectivity index (χ0n) is 15.6. The molecule has 2 aromatic carbocycles. The summed E-state index contributed by atoms with van der Waals surface area (Å²) in [5, 5.41) is 9.22. The molecular weight excluding hydrogens is 465 g/mol. The van der Waals surface area contributed by atoms with Gasteiger partial charge in [0.15, 0.2) is 0 Å². The number of fused-ring (bicyclic) bond motifs is 1. The van der Waals surface area contributed by atoms with Crippen molar-refractivity contribution in [3.05, 3.63) is 73.4 Å². The molecular formula is C20H14Cl3N5O3. The van der Waals surface area contributed by atoms with Crippen molar-refractivity contribution in [2.45, 2.75) is 12.3 Å². The maximum absolute atomic E-state index is 12.9. The van der Waals surface area contributed by atoms with Crippen LogP contribution in [0.15, 0.2) is 47.3 Å². The lowest BCUT2D eigenvalue weighted by atomic mass is 9.92. The lowest BCUT2D eigenvalue weighted by Crippen LogP contribution is -2.36. The standard InChI is InChI=1S/C20H14Cl3N5O3/c21-9-2-1-3-11(6-9)24-20-27-17-16(19(31)28-20)12(8-15(29)26-17)18(30)25-14-7-10(22)4-5-13(14)23/h1-7,12H,8H2,(H,25,30)(H3,24,26,27,28,29,31)/t12-/m1/s1. The van der Waals surface area contributed by atoms with Gasteiger partial charge in [-0.15, -0.1) is 0 Å². The maximum atomic E-state index is 12.9. The van der Waals surface area contributed by atoms with Gasteiger partial charge in [0.2, 0.25) is 17.8 Å². The summed E-state index contributed by atoms with van der Waals surface area (Å²) in [6.07, 6.45) is -0.219. The van der Waals surface area contributed by atoms with Crippen molar-refractivity contribution in [2.75, 3.05) is 16.0 Å². The maximum Gasteiger partial charge on any atom is 0.258 e. The third-order valence-electron chi connectivity index (χ3n) is 4.54. The molecule has 1 aromatic heterocycles. The van der Waals surface area contributed by atoms with E-state index in [4.69, 9.17) is 34.8 Å². The molecule has 0 radical (unpaired) electrons. The number of carbonyl (C=O) groups excluding carboxylic acids is 2. The van der Waals surface area contributed by atoms with Crippen LogP contribution in [0.25, 0.3) is 0 Å². The number of nitrogens with zero attached hydrogens (tertiary/aromatic N) is 1. The first-order valence-electron chi connectivity index (χ1n) is 9.03.